The number of fused-ring (bicyclic) bond motifs is 1. The van der Waals surface area contributed by atoms with Crippen molar-refractivity contribution in [2.24, 2.45) is 5.92 Å². The molecule has 1 saturated heterocycles. The van der Waals surface area contributed by atoms with E-state index in [0.29, 0.717) is 19.6 Å². The molecule has 5 rings (SSSR count). The van der Waals surface area contributed by atoms with Crippen molar-refractivity contribution in [2.75, 3.05) is 24.6 Å². The molecule has 0 bridgehead atoms. The summed E-state index contributed by atoms with van der Waals surface area (Å²) >= 11 is 0. The van der Waals surface area contributed by atoms with Crippen LogP contribution in [0.1, 0.15) is 25.0 Å². The largest absolute Gasteiger partial charge is 0.394 e. The summed E-state index contributed by atoms with van der Waals surface area (Å²) in [6.07, 6.45) is 7.20. The predicted molar refractivity (Wildman–Crippen MR) is 129 cm³/mol. The fraction of sp³-hybridized carbons (Fsp3) is 0.360. The first-order valence-electron chi connectivity index (χ1n) is 11.4. The van der Waals surface area contributed by atoms with Crippen LogP contribution in [0.4, 0.5) is 5.82 Å². The molecule has 1 aliphatic heterocycles. The molecule has 0 radical (unpaired) electrons. The fourth-order valence-corrected chi connectivity index (χ4v) is 4.05. The van der Waals surface area contributed by atoms with Crippen LogP contribution in [0.2, 0.25) is 0 Å². The van der Waals surface area contributed by atoms with Gasteiger partial charge in [-0.15, -0.1) is 0 Å². The van der Waals surface area contributed by atoms with Crippen LogP contribution >= 0.6 is 0 Å². The Labute approximate surface area is 198 Å². The van der Waals surface area contributed by atoms with Crippen molar-refractivity contribution in [3.8, 4) is 11.1 Å². The van der Waals surface area contributed by atoms with E-state index in [-0.39, 0.29) is 18.4 Å². The summed E-state index contributed by atoms with van der Waals surface area (Å²) in [5, 5.41) is 21.4. The molecule has 0 saturated carbocycles. The van der Waals surface area contributed by atoms with E-state index in [1.807, 2.05) is 51.4 Å². The van der Waals surface area contributed by atoms with E-state index in [4.69, 9.17) is 0 Å². The quantitative estimate of drug-likeness (QED) is 0.440. The molecule has 1 fully saturated rings. The number of carbonyl (C=O) groups excluding carboxylic acids is 1. The molecule has 9 nitrogen and oxygen atoms in total. The molecule has 176 valence electrons. The van der Waals surface area contributed by atoms with E-state index < -0.39 is 5.54 Å². The normalized spacial score (nSPS) is 14.4. The molecule has 1 amide bonds. The van der Waals surface area contributed by atoms with Crippen LogP contribution in [0, 0.1) is 12.8 Å². The van der Waals surface area contributed by atoms with E-state index in [0.717, 1.165) is 28.0 Å². The van der Waals surface area contributed by atoms with Gasteiger partial charge in [-0.3, -0.25) is 9.48 Å². The summed E-state index contributed by atoms with van der Waals surface area (Å²) in [6, 6.07) is 10.2. The first-order chi connectivity index (χ1) is 16.3. The Kier molecular flexibility index (Phi) is 5.57. The smallest absolute Gasteiger partial charge is 0.226 e. The number of benzene rings is 1. The molecule has 1 aliphatic rings. The number of aliphatic hydroxyl groups is 1. The molecule has 9 heteroatoms. The molecule has 0 spiro atoms. The number of aromatic nitrogens is 5. The summed E-state index contributed by atoms with van der Waals surface area (Å²) < 4.78 is 3.57. The summed E-state index contributed by atoms with van der Waals surface area (Å²) in [4.78, 5) is 19.2. The van der Waals surface area contributed by atoms with Gasteiger partial charge in [-0.05, 0) is 32.4 Å². The molecule has 2 N–H and O–H groups in total. The fourth-order valence-electron chi connectivity index (χ4n) is 4.05. The molecule has 34 heavy (non-hydrogen) atoms. The predicted octanol–water partition coefficient (Wildman–Crippen LogP) is 2.38. The molecule has 4 aromatic rings. The highest BCUT2D eigenvalue weighted by atomic mass is 16.3. The molecule has 0 atom stereocenters. The number of aliphatic hydroxyl groups excluding tert-OH is 1. The van der Waals surface area contributed by atoms with Crippen LogP contribution in [0.5, 0.6) is 0 Å². The number of nitrogens with one attached hydrogen (secondary N) is 1. The second kappa shape index (κ2) is 8.57. The highest BCUT2D eigenvalue weighted by Gasteiger charge is 2.34. The number of hydrogen-bond donors (Lipinski definition) is 2. The minimum Gasteiger partial charge on any atom is -0.394 e. The van der Waals surface area contributed by atoms with Gasteiger partial charge in [-0.25, -0.2) is 9.50 Å². The van der Waals surface area contributed by atoms with Crippen LogP contribution in [0.15, 0.2) is 55.2 Å². The number of hydrogen-bond acceptors (Lipinski definition) is 6. The van der Waals surface area contributed by atoms with Crippen molar-refractivity contribution in [3.05, 3.63) is 66.4 Å². The van der Waals surface area contributed by atoms with Gasteiger partial charge in [-0.1, -0.05) is 29.8 Å². The number of anilines is 1. The van der Waals surface area contributed by atoms with Crippen LogP contribution in [0.25, 0.3) is 16.6 Å². The average Bonchev–Trinajstić information content (AvgIpc) is 3.46. The Balaban J connectivity index is 1.27. The van der Waals surface area contributed by atoms with Gasteiger partial charge >= 0.3 is 0 Å². The average molecular weight is 460 g/mol. The van der Waals surface area contributed by atoms with Gasteiger partial charge in [0.1, 0.15) is 11.8 Å². The Morgan fingerprint density at radius 2 is 1.91 bits per heavy atom. The Bertz CT molecular complexity index is 1320. The van der Waals surface area contributed by atoms with E-state index in [2.05, 4.69) is 37.5 Å². The van der Waals surface area contributed by atoms with Gasteiger partial charge < -0.3 is 15.3 Å². The van der Waals surface area contributed by atoms with Crippen LogP contribution in [-0.2, 0) is 16.9 Å². The number of aryl methyl sites for hydroxylation is 1. The maximum atomic E-state index is 12.6. The number of carbonyl (C=O) groups is 1. The van der Waals surface area contributed by atoms with Gasteiger partial charge in [0.15, 0.2) is 5.82 Å². The monoisotopic (exact) mass is 459 g/mol. The third-order valence-corrected chi connectivity index (χ3v) is 6.45. The zero-order valence-corrected chi connectivity index (χ0v) is 19.6. The maximum absolute atomic E-state index is 12.6. The lowest BCUT2D eigenvalue weighted by atomic mass is 9.99. The Morgan fingerprint density at radius 3 is 2.65 bits per heavy atom. The SMILES string of the molecule is Cc1ccc(CNC(=O)C2CN(c3ncnn4cc(-c5cnn(C(C)(C)CO)c5)cc34)C2)cc1. The van der Waals surface area contributed by atoms with E-state index >= 15 is 0 Å². The zero-order valence-electron chi connectivity index (χ0n) is 19.6. The third-order valence-electron chi connectivity index (χ3n) is 6.45. The van der Waals surface area contributed by atoms with Crippen molar-refractivity contribution in [3.63, 3.8) is 0 Å². The number of nitrogens with zero attached hydrogens (tertiary/aromatic N) is 6. The van der Waals surface area contributed by atoms with Gasteiger partial charge in [0.05, 0.1) is 24.3 Å². The highest BCUT2D eigenvalue weighted by Crippen LogP contribution is 2.31. The van der Waals surface area contributed by atoms with Gasteiger partial charge in [0, 0.05) is 43.2 Å². The molecule has 3 aromatic heterocycles. The minimum absolute atomic E-state index is 0.00377. The second-order valence-electron chi connectivity index (χ2n) is 9.59. The number of amides is 1. The highest BCUT2D eigenvalue weighted by molar-refractivity contribution is 5.84. The van der Waals surface area contributed by atoms with Crippen molar-refractivity contribution < 1.29 is 9.90 Å². The lowest BCUT2D eigenvalue weighted by Crippen LogP contribution is -2.54. The minimum atomic E-state index is -0.477. The maximum Gasteiger partial charge on any atom is 0.226 e. The lowest BCUT2D eigenvalue weighted by molar-refractivity contribution is -0.125. The lowest BCUT2D eigenvalue weighted by Gasteiger charge is -2.39. The summed E-state index contributed by atoms with van der Waals surface area (Å²) in [5.74, 6) is 0.817. The second-order valence-corrected chi connectivity index (χ2v) is 9.59. The van der Waals surface area contributed by atoms with Crippen molar-refractivity contribution in [1.82, 2.24) is 29.7 Å². The van der Waals surface area contributed by atoms with Gasteiger partial charge in [-0.2, -0.15) is 10.2 Å². The number of rotatable bonds is 7. The molecular weight excluding hydrogens is 430 g/mol. The Hall–Kier alpha value is -3.72. The van der Waals surface area contributed by atoms with E-state index in [9.17, 15) is 9.90 Å². The summed E-state index contributed by atoms with van der Waals surface area (Å²) in [6.45, 7) is 7.69. The topological polar surface area (TPSA) is 101 Å². The van der Waals surface area contributed by atoms with Crippen LogP contribution in [-0.4, -0.2) is 55.1 Å². The molecular formula is C25H29N7O2. The molecule has 0 unspecified atom stereocenters. The summed E-state index contributed by atoms with van der Waals surface area (Å²) in [7, 11) is 0. The first kappa shape index (κ1) is 22.1. The van der Waals surface area contributed by atoms with Crippen molar-refractivity contribution >= 4 is 17.2 Å². The van der Waals surface area contributed by atoms with Crippen molar-refractivity contribution in [2.45, 2.75) is 32.9 Å². The molecule has 1 aromatic carbocycles. The first-order valence-corrected chi connectivity index (χ1v) is 11.4. The zero-order chi connectivity index (χ0) is 23.9. The van der Waals surface area contributed by atoms with E-state index in [1.54, 1.807) is 15.4 Å². The van der Waals surface area contributed by atoms with Gasteiger partial charge in [0.2, 0.25) is 5.91 Å². The van der Waals surface area contributed by atoms with Gasteiger partial charge in [0.25, 0.3) is 0 Å². The third kappa shape index (κ3) is 4.14. The van der Waals surface area contributed by atoms with Crippen LogP contribution in [0.3, 0.4) is 0 Å². The van der Waals surface area contributed by atoms with E-state index in [1.165, 1.54) is 11.9 Å². The Morgan fingerprint density at radius 1 is 1.15 bits per heavy atom. The standard InChI is InChI=1S/C25H29N7O2/c1-17-4-6-18(7-5-17)9-26-24(34)21-11-30(12-21)23-22-8-19(13-31(22)29-16-27-23)20-10-28-32(14-20)25(2,3)15-33/h4-8,10,13-14,16,21,33H,9,11-12,15H2,1-3H3,(H,26,34). The molecule has 0 aliphatic carbocycles. The van der Waals surface area contributed by atoms with Crippen LogP contribution < -0.4 is 10.2 Å². The molecule has 4 heterocycles. The summed E-state index contributed by atoms with van der Waals surface area (Å²) in [5.41, 5.74) is 4.61. The van der Waals surface area contributed by atoms with Crippen molar-refractivity contribution in [1.29, 1.82) is 0 Å².